The maximum absolute atomic E-state index is 12.7. The molecular formula is C23H25N7O2. The van der Waals surface area contributed by atoms with Crippen molar-refractivity contribution in [2.75, 3.05) is 25.4 Å². The van der Waals surface area contributed by atoms with E-state index in [1.54, 1.807) is 15.9 Å². The van der Waals surface area contributed by atoms with Gasteiger partial charge in [-0.05, 0) is 35.7 Å². The van der Waals surface area contributed by atoms with Crippen LogP contribution >= 0.6 is 0 Å². The molecule has 4 rings (SSSR count). The van der Waals surface area contributed by atoms with Gasteiger partial charge in [-0.1, -0.05) is 24.3 Å². The van der Waals surface area contributed by atoms with Crippen LogP contribution in [0.2, 0.25) is 0 Å². The molecule has 0 spiro atoms. The average molecular weight is 432 g/mol. The van der Waals surface area contributed by atoms with Crippen molar-refractivity contribution >= 4 is 34.4 Å². The van der Waals surface area contributed by atoms with Gasteiger partial charge in [0.05, 0.1) is 12.1 Å². The monoisotopic (exact) mass is 431 g/mol. The lowest BCUT2D eigenvalue weighted by molar-refractivity contribution is -0.145. The quantitative estimate of drug-likeness (QED) is 0.397. The summed E-state index contributed by atoms with van der Waals surface area (Å²) in [5.41, 5.74) is 14.7. The van der Waals surface area contributed by atoms with E-state index in [-0.39, 0.29) is 24.2 Å². The Morgan fingerprint density at radius 2 is 1.94 bits per heavy atom. The SMILES string of the molecule is N=C(N)c1cccc(CCC(=O)N2CCN(Cc3ccc4c(N)ncnc4c3)C(=O)C2)c1. The molecule has 0 bridgehead atoms. The number of amidine groups is 1. The number of hydrogen-bond acceptors (Lipinski definition) is 6. The number of aryl methyl sites for hydroxylation is 1. The third-order valence-electron chi connectivity index (χ3n) is 5.64. The zero-order valence-electron chi connectivity index (χ0n) is 17.6. The molecule has 1 fully saturated rings. The highest BCUT2D eigenvalue weighted by molar-refractivity contribution is 5.95. The summed E-state index contributed by atoms with van der Waals surface area (Å²) in [5, 5.41) is 8.31. The molecule has 164 valence electrons. The summed E-state index contributed by atoms with van der Waals surface area (Å²) in [4.78, 5) is 36.9. The van der Waals surface area contributed by atoms with Crippen LogP contribution in [0.4, 0.5) is 5.82 Å². The summed E-state index contributed by atoms with van der Waals surface area (Å²) in [5.74, 6) is 0.301. The van der Waals surface area contributed by atoms with Crippen LogP contribution in [0.25, 0.3) is 10.9 Å². The lowest BCUT2D eigenvalue weighted by Gasteiger charge is -2.34. The van der Waals surface area contributed by atoms with Crippen LogP contribution in [0.15, 0.2) is 48.8 Å². The molecular weight excluding hydrogens is 406 g/mol. The number of carbonyl (C=O) groups excluding carboxylic acids is 2. The smallest absolute Gasteiger partial charge is 0.242 e. The fourth-order valence-electron chi connectivity index (χ4n) is 3.83. The molecule has 2 aromatic carbocycles. The van der Waals surface area contributed by atoms with Crippen LogP contribution in [0.1, 0.15) is 23.1 Å². The van der Waals surface area contributed by atoms with Gasteiger partial charge in [-0.15, -0.1) is 0 Å². The van der Waals surface area contributed by atoms with Crippen molar-refractivity contribution in [2.45, 2.75) is 19.4 Å². The minimum Gasteiger partial charge on any atom is -0.384 e. The molecule has 2 amide bonds. The average Bonchev–Trinajstić information content (AvgIpc) is 2.79. The first-order valence-electron chi connectivity index (χ1n) is 10.4. The topological polar surface area (TPSA) is 142 Å². The third-order valence-corrected chi connectivity index (χ3v) is 5.64. The van der Waals surface area contributed by atoms with E-state index in [9.17, 15) is 9.59 Å². The molecule has 32 heavy (non-hydrogen) atoms. The highest BCUT2D eigenvalue weighted by Crippen LogP contribution is 2.20. The van der Waals surface area contributed by atoms with Crippen molar-refractivity contribution in [1.82, 2.24) is 19.8 Å². The first-order valence-corrected chi connectivity index (χ1v) is 10.4. The number of anilines is 1. The van der Waals surface area contributed by atoms with Gasteiger partial charge in [0.2, 0.25) is 11.8 Å². The molecule has 1 aromatic heterocycles. The molecule has 0 aliphatic carbocycles. The van der Waals surface area contributed by atoms with E-state index in [0.717, 1.165) is 22.0 Å². The fourth-order valence-corrected chi connectivity index (χ4v) is 3.83. The Labute approximate surface area is 185 Å². The van der Waals surface area contributed by atoms with E-state index < -0.39 is 0 Å². The standard InChI is InChI=1S/C23H25N7O2/c24-22(25)17-3-1-2-15(10-17)5-7-20(31)30-9-8-29(21(32)13-30)12-16-4-6-18-19(11-16)27-14-28-23(18)26/h1-4,6,10-11,14H,5,7-9,12-13H2,(H3,24,25)(H2,26,27,28). The highest BCUT2D eigenvalue weighted by atomic mass is 16.2. The summed E-state index contributed by atoms with van der Waals surface area (Å²) in [6, 6.07) is 13.0. The number of hydrogen-bond donors (Lipinski definition) is 3. The van der Waals surface area contributed by atoms with E-state index >= 15 is 0 Å². The predicted molar refractivity (Wildman–Crippen MR) is 122 cm³/mol. The number of amides is 2. The van der Waals surface area contributed by atoms with E-state index in [2.05, 4.69) is 9.97 Å². The third kappa shape index (κ3) is 4.66. The zero-order valence-corrected chi connectivity index (χ0v) is 17.6. The summed E-state index contributed by atoms with van der Waals surface area (Å²) in [6.07, 6.45) is 2.27. The van der Waals surface area contributed by atoms with Gasteiger partial charge >= 0.3 is 0 Å². The van der Waals surface area contributed by atoms with E-state index in [0.29, 0.717) is 43.9 Å². The maximum Gasteiger partial charge on any atom is 0.242 e. The Hall–Kier alpha value is -4.01. The molecule has 0 unspecified atom stereocenters. The summed E-state index contributed by atoms with van der Waals surface area (Å²) in [6.45, 7) is 1.52. The summed E-state index contributed by atoms with van der Waals surface area (Å²) in [7, 11) is 0. The molecule has 3 aromatic rings. The lowest BCUT2D eigenvalue weighted by atomic mass is 10.1. The molecule has 0 radical (unpaired) electrons. The number of nitrogens with zero attached hydrogens (tertiary/aromatic N) is 4. The van der Waals surface area contributed by atoms with Crippen LogP contribution in [-0.4, -0.2) is 57.1 Å². The molecule has 2 heterocycles. The number of piperazine rings is 1. The zero-order chi connectivity index (χ0) is 22.7. The van der Waals surface area contributed by atoms with Crippen LogP contribution in [0.3, 0.4) is 0 Å². The largest absolute Gasteiger partial charge is 0.384 e. The van der Waals surface area contributed by atoms with Crippen LogP contribution in [0.5, 0.6) is 0 Å². The van der Waals surface area contributed by atoms with Crippen molar-refractivity contribution in [3.05, 3.63) is 65.5 Å². The van der Waals surface area contributed by atoms with Gasteiger partial charge in [-0.2, -0.15) is 0 Å². The Morgan fingerprint density at radius 3 is 2.72 bits per heavy atom. The number of benzene rings is 2. The molecule has 0 saturated carbocycles. The number of nitrogens with two attached hydrogens (primary N) is 2. The molecule has 1 aliphatic heterocycles. The minimum absolute atomic E-state index is 0.00206. The van der Waals surface area contributed by atoms with Crippen LogP contribution in [0, 0.1) is 5.41 Å². The Bertz CT molecular complexity index is 1190. The Balaban J connectivity index is 1.33. The van der Waals surface area contributed by atoms with Gasteiger partial charge in [0.25, 0.3) is 0 Å². The molecule has 5 N–H and O–H groups in total. The van der Waals surface area contributed by atoms with E-state index in [1.165, 1.54) is 6.33 Å². The fraction of sp³-hybridized carbons (Fsp3) is 0.261. The van der Waals surface area contributed by atoms with Gasteiger partial charge in [0.1, 0.15) is 18.0 Å². The highest BCUT2D eigenvalue weighted by Gasteiger charge is 2.27. The van der Waals surface area contributed by atoms with E-state index in [4.69, 9.17) is 16.9 Å². The van der Waals surface area contributed by atoms with Gasteiger partial charge < -0.3 is 21.3 Å². The first kappa shape index (κ1) is 21.2. The molecule has 9 nitrogen and oxygen atoms in total. The second kappa shape index (κ2) is 9.01. The number of carbonyl (C=O) groups is 2. The number of fused-ring (bicyclic) bond motifs is 1. The number of nitrogens with one attached hydrogen (secondary N) is 1. The van der Waals surface area contributed by atoms with Crippen LogP contribution in [-0.2, 0) is 22.6 Å². The van der Waals surface area contributed by atoms with Gasteiger partial charge in [-0.25, -0.2) is 9.97 Å². The molecule has 9 heteroatoms. The van der Waals surface area contributed by atoms with Crippen LogP contribution < -0.4 is 11.5 Å². The summed E-state index contributed by atoms with van der Waals surface area (Å²) < 4.78 is 0. The molecule has 1 saturated heterocycles. The van der Waals surface area contributed by atoms with Crippen molar-refractivity contribution in [2.24, 2.45) is 5.73 Å². The van der Waals surface area contributed by atoms with Crippen molar-refractivity contribution in [1.29, 1.82) is 5.41 Å². The number of rotatable bonds is 6. The van der Waals surface area contributed by atoms with Gasteiger partial charge in [0.15, 0.2) is 0 Å². The normalized spacial score (nSPS) is 14.1. The number of nitrogen functional groups attached to an aromatic ring is 2. The molecule has 0 atom stereocenters. The van der Waals surface area contributed by atoms with Gasteiger partial charge in [-0.3, -0.25) is 15.0 Å². The Kier molecular flexibility index (Phi) is 5.98. The van der Waals surface area contributed by atoms with Crippen molar-refractivity contribution < 1.29 is 9.59 Å². The first-order chi connectivity index (χ1) is 15.4. The summed E-state index contributed by atoms with van der Waals surface area (Å²) >= 11 is 0. The van der Waals surface area contributed by atoms with Crippen molar-refractivity contribution in [3.8, 4) is 0 Å². The molecule has 1 aliphatic rings. The number of aromatic nitrogens is 2. The minimum atomic E-state index is -0.0783. The van der Waals surface area contributed by atoms with E-state index in [1.807, 2.05) is 36.4 Å². The van der Waals surface area contributed by atoms with Crippen molar-refractivity contribution in [3.63, 3.8) is 0 Å². The Morgan fingerprint density at radius 1 is 1.09 bits per heavy atom. The second-order valence-corrected chi connectivity index (χ2v) is 7.86. The van der Waals surface area contributed by atoms with Gasteiger partial charge in [0, 0.05) is 37.0 Å². The second-order valence-electron chi connectivity index (χ2n) is 7.86. The maximum atomic E-state index is 12.7. The predicted octanol–water partition coefficient (Wildman–Crippen LogP) is 1.30. The lowest BCUT2D eigenvalue weighted by Crippen LogP contribution is -2.51.